The van der Waals surface area contributed by atoms with Gasteiger partial charge in [0.05, 0.1) is 35.9 Å². The van der Waals surface area contributed by atoms with Gasteiger partial charge in [-0.2, -0.15) is 0 Å². The Labute approximate surface area is 334 Å². The van der Waals surface area contributed by atoms with Gasteiger partial charge < -0.3 is 63.4 Å². The molecule has 326 valence electrons. The van der Waals surface area contributed by atoms with Crippen molar-refractivity contribution >= 4 is 11.9 Å². The lowest BCUT2D eigenvalue weighted by Crippen LogP contribution is -2.61. The summed E-state index contributed by atoms with van der Waals surface area (Å²) in [5, 5.41) is 47.5. The van der Waals surface area contributed by atoms with Gasteiger partial charge in [0.15, 0.2) is 18.7 Å². The molecule has 0 aromatic rings. The highest BCUT2D eigenvalue weighted by Gasteiger charge is 2.53. The van der Waals surface area contributed by atoms with E-state index in [0.29, 0.717) is 13.0 Å². The van der Waals surface area contributed by atoms with Crippen molar-refractivity contribution in [3.63, 3.8) is 0 Å². The molecule has 15 nitrogen and oxygen atoms in total. The monoisotopic (exact) mass is 803 g/mol. The Hall–Kier alpha value is -1.76. The van der Waals surface area contributed by atoms with Gasteiger partial charge in [0.2, 0.25) is 0 Å². The molecule has 3 heterocycles. The minimum absolute atomic E-state index is 0.0854. The zero-order chi connectivity index (χ0) is 42.7. The average molecular weight is 803 g/mol. The number of methoxy groups -OCH3 is 1. The Morgan fingerprint density at radius 1 is 1.02 bits per heavy atom. The average Bonchev–Trinajstić information content (AvgIpc) is 3.11. The lowest BCUT2D eigenvalue weighted by Gasteiger charge is -2.49. The molecule has 15 heteroatoms. The minimum Gasteiger partial charge on any atom is -0.459 e. The molecule has 0 aromatic heterocycles. The summed E-state index contributed by atoms with van der Waals surface area (Å²) in [6, 6.07) is -0.849. The number of hydrogen-bond donors (Lipinski definition) is 4. The smallest absolute Gasteiger partial charge is 0.330 e. The Balaban J connectivity index is 2.18. The summed E-state index contributed by atoms with van der Waals surface area (Å²) in [7, 11) is 7.09. The van der Waals surface area contributed by atoms with Crippen LogP contribution in [0.2, 0.25) is 0 Å². The van der Waals surface area contributed by atoms with E-state index in [9.17, 15) is 30.0 Å². The number of cyclic esters (lactones) is 1. The third-order valence-corrected chi connectivity index (χ3v) is 12.6. The predicted molar refractivity (Wildman–Crippen MR) is 208 cm³/mol. The minimum atomic E-state index is -1.82. The second kappa shape index (κ2) is 19.5. The largest absolute Gasteiger partial charge is 0.459 e. The van der Waals surface area contributed by atoms with Gasteiger partial charge in [-0.3, -0.25) is 4.79 Å². The number of hydrogen-bond acceptors (Lipinski definition) is 15. The van der Waals surface area contributed by atoms with Gasteiger partial charge in [-0.05, 0) is 94.8 Å². The fourth-order valence-electron chi connectivity index (χ4n) is 9.12. The number of aliphatic hydroxyl groups is 4. The van der Waals surface area contributed by atoms with Gasteiger partial charge in [-0.1, -0.05) is 27.4 Å². The number of likely N-dealkylation sites (N-methyl/N-ethyl adjacent to an activating group) is 2. The van der Waals surface area contributed by atoms with Gasteiger partial charge in [-0.25, -0.2) is 4.79 Å². The maximum Gasteiger partial charge on any atom is 0.330 e. The maximum absolute atomic E-state index is 14.3. The Morgan fingerprint density at radius 3 is 2.20 bits per heavy atom. The van der Waals surface area contributed by atoms with Crippen molar-refractivity contribution in [2.24, 2.45) is 17.8 Å². The molecule has 3 fully saturated rings. The molecule has 0 amide bonds. The Bertz CT molecular complexity index is 1300. The lowest BCUT2D eigenvalue weighted by molar-refractivity contribution is -0.318. The second-order valence-electron chi connectivity index (χ2n) is 17.8. The van der Waals surface area contributed by atoms with Crippen LogP contribution in [0.25, 0.3) is 0 Å². The molecule has 3 rings (SSSR count). The van der Waals surface area contributed by atoms with Crippen molar-refractivity contribution < 1.29 is 63.2 Å². The summed E-state index contributed by atoms with van der Waals surface area (Å²) in [6.07, 6.45) is -7.42. The molecule has 3 saturated heterocycles. The molecular formula is C41H74N2O13. The number of ether oxygens (including phenoxy) is 7. The molecule has 0 aliphatic carbocycles. The summed E-state index contributed by atoms with van der Waals surface area (Å²) in [5.41, 5.74) is -4.49. The Morgan fingerprint density at radius 2 is 1.64 bits per heavy atom. The number of nitrogens with zero attached hydrogens (tertiary/aromatic N) is 2. The van der Waals surface area contributed by atoms with Crippen molar-refractivity contribution in [1.82, 2.24) is 9.80 Å². The number of aliphatic hydroxyl groups excluding tert-OH is 2. The van der Waals surface area contributed by atoms with Crippen molar-refractivity contribution in [1.29, 1.82) is 0 Å². The van der Waals surface area contributed by atoms with E-state index in [1.165, 1.54) is 14.0 Å². The first-order chi connectivity index (χ1) is 25.8. The highest BCUT2D eigenvalue weighted by Crippen LogP contribution is 2.41. The molecule has 3 aliphatic heterocycles. The molecule has 4 N–H and O–H groups in total. The van der Waals surface area contributed by atoms with Gasteiger partial charge in [0, 0.05) is 44.2 Å². The van der Waals surface area contributed by atoms with Crippen molar-refractivity contribution in [2.45, 2.75) is 185 Å². The van der Waals surface area contributed by atoms with Crippen molar-refractivity contribution in [3.05, 3.63) is 12.7 Å². The molecule has 18 atom stereocenters. The predicted octanol–water partition coefficient (Wildman–Crippen LogP) is 2.64. The summed E-state index contributed by atoms with van der Waals surface area (Å²) in [4.78, 5) is 30.5. The van der Waals surface area contributed by atoms with Gasteiger partial charge in [-0.15, -0.1) is 0 Å². The first kappa shape index (κ1) is 48.6. The standard InChI is InChI=1S/C41H74N2O13/c1-16-29-41(11,49)34(46)26(7)43(14)21-22(3)19-39(9,48)35(56-38-32(45)28(42(12)13)18-23(4)51-38)24(5)33(25(6)37(47)53-29)55-31-20-40(10,50-15)36(27(8)52-31)54-30(44)17-2/h17,22-29,31-36,38,45-46,48-49H,2,16,18-21H2,1,3-15H3/t22-,23-,24+,25-,26-,27+,28+,29-,31?,32-,33+,34-,35-,36+,38?,39-,40+,41-/m1/s1. The van der Waals surface area contributed by atoms with E-state index in [1.54, 1.807) is 48.5 Å². The summed E-state index contributed by atoms with van der Waals surface area (Å²) in [6.45, 7) is 21.5. The van der Waals surface area contributed by atoms with Crippen LogP contribution in [0.3, 0.4) is 0 Å². The number of rotatable bonds is 9. The highest BCUT2D eigenvalue weighted by atomic mass is 16.7. The molecule has 0 bridgehead atoms. The normalized spacial score (nSPS) is 46.7. The van der Waals surface area contributed by atoms with E-state index in [2.05, 4.69) is 6.58 Å². The molecule has 0 aromatic carbocycles. The fraction of sp³-hybridized carbons (Fsp3) is 0.902. The SMILES string of the molecule is C=CC(=O)O[C@H]1[C@H](C)OC(O[C@H]2[C@H](C)[C@@H](OC3O[C@H](C)C[C@H](N(C)C)[C@H]3O)[C@](C)(O)C[C@@H](C)CN(C)[C@H](C)[C@@H](O)[C@](C)(O)[C@@H](CC)OC(=O)[C@@H]2C)C[C@]1(C)OC. The maximum atomic E-state index is 14.3. The first-order valence-corrected chi connectivity index (χ1v) is 20.2. The molecule has 0 spiro atoms. The van der Waals surface area contributed by atoms with E-state index < -0.39 is 102 Å². The zero-order valence-electron chi connectivity index (χ0n) is 36.3. The van der Waals surface area contributed by atoms with E-state index >= 15 is 0 Å². The topological polar surface area (TPSA) is 186 Å². The summed E-state index contributed by atoms with van der Waals surface area (Å²) < 4.78 is 43.7. The van der Waals surface area contributed by atoms with E-state index in [4.69, 9.17) is 33.2 Å². The van der Waals surface area contributed by atoms with Crippen LogP contribution in [0.4, 0.5) is 0 Å². The molecule has 56 heavy (non-hydrogen) atoms. The molecule has 3 aliphatic rings. The van der Waals surface area contributed by atoms with E-state index in [1.807, 2.05) is 44.8 Å². The number of carbonyl (C=O) groups excluding carboxylic acids is 2. The van der Waals surface area contributed by atoms with Crippen LogP contribution >= 0.6 is 0 Å². The molecule has 0 radical (unpaired) electrons. The fourth-order valence-corrected chi connectivity index (χ4v) is 9.12. The van der Waals surface area contributed by atoms with Crippen LogP contribution in [0, 0.1) is 17.8 Å². The third-order valence-electron chi connectivity index (χ3n) is 12.6. The van der Waals surface area contributed by atoms with Crippen LogP contribution in [0.15, 0.2) is 12.7 Å². The quantitative estimate of drug-likeness (QED) is 0.197. The van der Waals surface area contributed by atoms with Crippen LogP contribution in [-0.2, 0) is 42.7 Å². The summed E-state index contributed by atoms with van der Waals surface area (Å²) >= 11 is 0. The molecule has 2 unspecified atom stereocenters. The van der Waals surface area contributed by atoms with Crippen LogP contribution < -0.4 is 0 Å². The molecule has 0 saturated carbocycles. The number of esters is 2. The van der Waals surface area contributed by atoms with Gasteiger partial charge >= 0.3 is 11.9 Å². The van der Waals surface area contributed by atoms with E-state index in [0.717, 1.165) is 6.08 Å². The Kier molecular flexibility index (Phi) is 17.0. The van der Waals surface area contributed by atoms with Crippen molar-refractivity contribution in [2.75, 3.05) is 34.8 Å². The van der Waals surface area contributed by atoms with Crippen LogP contribution in [-0.4, -0.2) is 167 Å². The third kappa shape index (κ3) is 11.1. The highest BCUT2D eigenvalue weighted by molar-refractivity contribution is 5.81. The lowest BCUT2D eigenvalue weighted by atomic mass is 9.77. The van der Waals surface area contributed by atoms with E-state index in [-0.39, 0.29) is 37.3 Å². The van der Waals surface area contributed by atoms with Gasteiger partial charge in [0.1, 0.15) is 29.5 Å². The molecular weight excluding hydrogens is 728 g/mol. The first-order valence-electron chi connectivity index (χ1n) is 20.2. The van der Waals surface area contributed by atoms with Crippen LogP contribution in [0.1, 0.15) is 94.9 Å². The van der Waals surface area contributed by atoms with Gasteiger partial charge in [0.25, 0.3) is 0 Å². The summed E-state index contributed by atoms with van der Waals surface area (Å²) in [5.74, 6) is -3.36. The number of carbonyl (C=O) groups is 2. The zero-order valence-corrected chi connectivity index (χ0v) is 36.3. The van der Waals surface area contributed by atoms with Crippen LogP contribution in [0.5, 0.6) is 0 Å². The second-order valence-corrected chi connectivity index (χ2v) is 17.8. The van der Waals surface area contributed by atoms with Crippen molar-refractivity contribution in [3.8, 4) is 0 Å².